The van der Waals surface area contributed by atoms with E-state index in [2.05, 4.69) is 0 Å². The summed E-state index contributed by atoms with van der Waals surface area (Å²) in [4.78, 5) is 10.5. The first-order valence-electron chi connectivity index (χ1n) is 5.39. The quantitative estimate of drug-likeness (QED) is 0.483. The Labute approximate surface area is 102 Å². The third-order valence-corrected chi connectivity index (χ3v) is 3.07. The number of benzene rings is 1. The van der Waals surface area contributed by atoms with Crippen molar-refractivity contribution in [3.8, 4) is 0 Å². The van der Waals surface area contributed by atoms with Gasteiger partial charge in [0.15, 0.2) is 6.10 Å². The molecule has 0 radical (unpaired) electrons. The lowest BCUT2D eigenvalue weighted by Gasteiger charge is -2.23. The van der Waals surface area contributed by atoms with Gasteiger partial charge in [-0.3, -0.25) is 10.1 Å². The minimum atomic E-state index is -2.24. The zero-order valence-corrected chi connectivity index (χ0v) is 9.34. The van der Waals surface area contributed by atoms with E-state index in [0.717, 1.165) is 0 Å². The molecule has 7 nitrogen and oxygen atoms in total. The molecule has 0 amide bonds. The first-order valence-corrected chi connectivity index (χ1v) is 5.39. The summed E-state index contributed by atoms with van der Waals surface area (Å²) >= 11 is 0. The second-order valence-electron chi connectivity index (χ2n) is 4.09. The summed E-state index contributed by atoms with van der Waals surface area (Å²) in [5.74, 6) is 0. The van der Waals surface area contributed by atoms with Crippen molar-refractivity contribution in [3.05, 3.63) is 46.0 Å². The second-order valence-corrected chi connectivity index (χ2v) is 4.09. The van der Waals surface area contributed by atoms with Crippen molar-refractivity contribution in [2.24, 2.45) is 0 Å². The molecule has 1 aliphatic heterocycles. The third-order valence-electron chi connectivity index (χ3n) is 3.07. The SMILES string of the molecule is O=[N+]([O-])C1(c2ccccc2)O[C@H](CO)[C@@H](O)[C@H]1O. The average Bonchev–Trinajstić information content (AvgIpc) is 2.65. The van der Waals surface area contributed by atoms with Crippen LogP contribution in [0.4, 0.5) is 0 Å². The van der Waals surface area contributed by atoms with Crippen LogP contribution < -0.4 is 0 Å². The van der Waals surface area contributed by atoms with Gasteiger partial charge in [-0.15, -0.1) is 0 Å². The van der Waals surface area contributed by atoms with Crippen molar-refractivity contribution < 1.29 is 25.0 Å². The van der Waals surface area contributed by atoms with E-state index < -0.39 is 35.6 Å². The molecular weight excluding hydrogens is 242 g/mol. The highest BCUT2D eigenvalue weighted by molar-refractivity contribution is 5.23. The lowest BCUT2D eigenvalue weighted by Crippen LogP contribution is -2.46. The number of rotatable bonds is 3. The Hall–Kier alpha value is -1.54. The van der Waals surface area contributed by atoms with Crippen LogP contribution in [0.5, 0.6) is 0 Å². The number of ether oxygens (including phenoxy) is 1. The summed E-state index contributed by atoms with van der Waals surface area (Å²) in [5, 5.41) is 39.8. The third kappa shape index (κ3) is 1.68. The van der Waals surface area contributed by atoms with Crippen molar-refractivity contribution >= 4 is 0 Å². The van der Waals surface area contributed by atoms with Crippen LogP contribution in [-0.2, 0) is 10.5 Å². The molecule has 7 heteroatoms. The zero-order chi connectivity index (χ0) is 13.3. The molecule has 1 saturated heterocycles. The minimum absolute atomic E-state index is 0.123. The van der Waals surface area contributed by atoms with Gasteiger partial charge in [-0.1, -0.05) is 18.2 Å². The van der Waals surface area contributed by atoms with Gasteiger partial charge in [-0.2, -0.15) is 0 Å². The molecule has 1 fully saturated rings. The summed E-state index contributed by atoms with van der Waals surface area (Å²) in [6, 6.07) is 7.65. The molecule has 4 atom stereocenters. The first-order chi connectivity index (χ1) is 8.54. The van der Waals surface area contributed by atoms with Gasteiger partial charge < -0.3 is 20.1 Å². The molecule has 1 aromatic rings. The fraction of sp³-hybridized carbons (Fsp3) is 0.455. The van der Waals surface area contributed by atoms with E-state index >= 15 is 0 Å². The predicted molar refractivity (Wildman–Crippen MR) is 59.1 cm³/mol. The Morgan fingerprint density at radius 2 is 1.94 bits per heavy atom. The molecule has 0 saturated carbocycles. The molecule has 1 aromatic carbocycles. The molecule has 98 valence electrons. The number of hydrogen-bond donors (Lipinski definition) is 3. The molecule has 18 heavy (non-hydrogen) atoms. The van der Waals surface area contributed by atoms with Gasteiger partial charge in [0, 0.05) is 0 Å². The highest BCUT2D eigenvalue weighted by atomic mass is 16.7. The van der Waals surface area contributed by atoms with Gasteiger partial charge in [0.1, 0.15) is 12.2 Å². The van der Waals surface area contributed by atoms with E-state index in [1.807, 2.05) is 0 Å². The Balaban J connectivity index is 2.50. The Morgan fingerprint density at radius 1 is 1.33 bits per heavy atom. The van der Waals surface area contributed by atoms with E-state index in [1.165, 1.54) is 12.1 Å². The lowest BCUT2D eigenvalue weighted by atomic mass is 9.95. The van der Waals surface area contributed by atoms with Gasteiger partial charge in [0.05, 0.1) is 17.1 Å². The summed E-state index contributed by atoms with van der Waals surface area (Å²) in [5.41, 5.74) is -2.12. The van der Waals surface area contributed by atoms with Crippen molar-refractivity contribution in [1.29, 1.82) is 0 Å². The number of aliphatic hydroxyl groups is 3. The monoisotopic (exact) mass is 255 g/mol. The van der Waals surface area contributed by atoms with Crippen molar-refractivity contribution in [3.63, 3.8) is 0 Å². The van der Waals surface area contributed by atoms with Gasteiger partial charge >= 0.3 is 5.72 Å². The van der Waals surface area contributed by atoms with Gasteiger partial charge in [-0.05, 0) is 12.1 Å². The van der Waals surface area contributed by atoms with E-state index in [0.29, 0.717) is 0 Å². The predicted octanol–water partition coefficient (Wildman–Crippen LogP) is -0.771. The largest absolute Gasteiger partial charge is 0.394 e. The maximum Gasteiger partial charge on any atom is 0.380 e. The van der Waals surface area contributed by atoms with Gasteiger partial charge in [-0.25, -0.2) is 0 Å². The van der Waals surface area contributed by atoms with Crippen LogP contribution >= 0.6 is 0 Å². The lowest BCUT2D eigenvalue weighted by molar-refractivity contribution is -0.647. The fourth-order valence-electron chi connectivity index (χ4n) is 2.12. The molecule has 0 bridgehead atoms. The van der Waals surface area contributed by atoms with Crippen LogP contribution in [0, 0.1) is 10.1 Å². The topological polar surface area (TPSA) is 113 Å². The van der Waals surface area contributed by atoms with Crippen LogP contribution in [0.3, 0.4) is 0 Å². The summed E-state index contributed by atoms with van der Waals surface area (Å²) in [7, 11) is 0. The molecule has 0 aliphatic carbocycles. The summed E-state index contributed by atoms with van der Waals surface area (Å²) < 4.78 is 5.12. The molecular formula is C11H13NO6. The highest BCUT2D eigenvalue weighted by Gasteiger charge is 2.64. The molecule has 2 rings (SSSR count). The maximum absolute atomic E-state index is 11.3. The van der Waals surface area contributed by atoms with Crippen LogP contribution in [0.1, 0.15) is 5.56 Å². The average molecular weight is 255 g/mol. The van der Waals surface area contributed by atoms with Crippen molar-refractivity contribution in [2.45, 2.75) is 24.0 Å². The molecule has 1 aliphatic rings. The molecule has 1 heterocycles. The van der Waals surface area contributed by atoms with Gasteiger partial charge in [0.2, 0.25) is 0 Å². The maximum atomic E-state index is 11.3. The van der Waals surface area contributed by atoms with Crippen molar-refractivity contribution in [2.75, 3.05) is 6.61 Å². The van der Waals surface area contributed by atoms with Crippen LogP contribution in [0.15, 0.2) is 30.3 Å². The summed E-state index contributed by atoms with van der Waals surface area (Å²) in [6.07, 6.45) is -4.45. The molecule has 1 unspecified atom stereocenters. The Morgan fingerprint density at radius 3 is 2.39 bits per heavy atom. The minimum Gasteiger partial charge on any atom is -0.394 e. The number of nitrogens with zero attached hydrogens (tertiary/aromatic N) is 1. The first kappa shape index (κ1) is 12.9. The molecule has 0 aromatic heterocycles. The standard InChI is InChI=1S/C11H13NO6/c13-6-8-9(14)10(15)11(18-8,12(16)17)7-4-2-1-3-5-7/h1-5,8-10,13-15H,6H2/t8-,9-,10-,11?/m1/s1. The van der Waals surface area contributed by atoms with Crippen LogP contribution in [0.25, 0.3) is 0 Å². The van der Waals surface area contributed by atoms with Gasteiger partial charge in [0.25, 0.3) is 0 Å². The smallest absolute Gasteiger partial charge is 0.380 e. The number of aliphatic hydroxyl groups excluding tert-OH is 3. The summed E-state index contributed by atoms with van der Waals surface area (Å²) in [6.45, 7) is -0.610. The molecule has 0 spiro atoms. The number of nitro groups is 1. The van der Waals surface area contributed by atoms with E-state index in [4.69, 9.17) is 9.84 Å². The van der Waals surface area contributed by atoms with Crippen LogP contribution in [-0.4, -0.2) is 45.2 Å². The molecule has 3 N–H and O–H groups in total. The van der Waals surface area contributed by atoms with Crippen molar-refractivity contribution in [1.82, 2.24) is 0 Å². The highest BCUT2D eigenvalue weighted by Crippen LogP contribution is 2.40. The van der Waals surface area contributed by atoms with Crippen LogP contribution in [0.2, 0.25) is 0 Å². The number of hydrogen-bond acceptors (Lipinski definition) is 6. The Kier molecular flexibility index (Phi) is 3.31. The van der Waals surface area contributed by atoms with E-state index in [-0.39, 0.29) is 5.56 Å². The fourth-order valence-corrected chi connectivity index (χ4v) is 2.12. The zero-order valence-electron chi connectivity index (χ0n) is 9.34. The Bertz CT molecular complexity index is 438. The second kappa shape index (κ2) is 4.62. The normalized spacial score (nSPS) is 35.6. The van der Waals surface area contributed by atoms with E-state index in [9.17, 15) is 20.3 Å². The van der Waals surface area contributed by atoms with E-state index in [1.54, 1.807) is 18.2 Å².